The van der Waals surface area contributed by atoms with E-state index in [0.717, 1.165) is 57.8 Å². The molecule has 0 heterocycles. The lowest BCUT2D eigenvalue weighted by Gasteiger charge is -2.15. The first kappa shape index (κ1) is 46.1. The fraction of sp³-hybridized carbons (Fsp3) is 0.814. The molecule has 0 aromatic rings. The molecule has 0 saturated heterocycles. The third-order valence-corrected chi connectivity index (χ3v) is 8.94. The van der Waals surface area contributed by atoms with Gasteiger partial charge in [0.25, 0.3) is 0 Å². The fourth-order valence-electron chi connectivity index (χ4n) is 5.80. The normalized spacial score (nSPS) is 12.5. The highest BCUT2D eigenvalue weighted by Gasteiger charge is 2.16. The van der Waals surface area contributed by atoms with Crippen molar-refractivity contribution in [3.05, 3.63) is 36.5 Å². The van der Waals surface area contributed by atoms with Gasteiger partial charge < -0.3 is 14.6 Å². The van der Waals surface area contributed by atoms with Crippen molar-refractivity contribution >= 4 is 11.9 Å². The van der Waals surface area contributed by atoms with Crippen molar-refractivity contribution in [2.75, 3.05) is 13.2 Å². The van der Waals surface area contributed by atoms with Gasteiger partial charge in [-0.25, -0.2) is 0 Å². The Morgan fingerprint density at radius 2 is 0.833 bits per heavy atom. The van der Waals surface area contributed by atoms with Crippen LogP contribution in [0.1, 0.15) is 206 Å². The number of rotatable bonds is 37. The third-order valence-electron chi connectivity index (χ3n) is 8.94. The lowest BCUT2D eigenvalue weighted by Crippen LogP contribution is -2.28. The second-order valence-corrected chi connectivity index (χ2v) is 13.7. The van der Waals surface area contributed by atoms with Crippen LogP contribution in [-0.4, -0.2) is 36.4 Å². The van der Waals surface area contributed by atoms with E-state index in [0.29, 0.717) is 12.8 Å². The van der Waals surface area contributed by atoms with Gasteiger partial charge in [0.1, 0.15) is 6.61 Å². The predicted octanol–water partition coefficient (Wildman–Crippen LogP) is 12.8. The Morgan fingerprint density at radius 3 is 1.25 bits per heavy atom. The number of hydrogen-bond acceptors (Lipinski definition) is 5. The van der Waals surface area contributed by atoms with Gasteiger partial charge in [-0.3, -0.25) is 9.59 Å². The van der Waals surface area contributed by atoms with Gasteiger partial charge >= 0.3 is 11.9 Å². The zero-order valence-electron chi connectivity index (χ0n) is 31.7. The molecule has 1 atom stereocenters. The van der Waals surface area contributed by atoms with E-state index in [9.17, 15) is 14.7 Å². The molecule has 0 bridgehead atoms. The smallest absolute Gasteiger partial charge is 0.306 e. The van der Waals surface area contributed by atoms with Crippen LogP contribution < -0.4 is 0 Å². The van der Waals surface area contributed by atoms with Gasteiger partial charge in [-0.1, -0.05) is 179 Å². The van der Waals surface area contributed by atoms with E-state index in [1.807, 2.05) is 0 Å². The largest absolute Gasteiger partial charge is 0.462 e. The molecule has 0 radical (unpaired) electrons. The molecule has 0 rings (SSSR count). The van der Waals surface area contributed by atoms with E-state index in [-0.39, 0.29) is 25.2 Å². The Balaban J connectivity index is 3.57. The lowest BCUT2D eigenvalue weighted by atomic mass is 10.0. The molecule has 48 heavy (non-hydrogen) atoms. The standard InChI is InChI=1S/C43H78O5/c1-3-5-7-9-11-13-15-17-18-19-20-21-22-23-24-26-28-30-32-34-36-38-43(46)48-41(39-44)40-47-42(45)37-35-33-31-29-27-25-16-14-12-10-8-6-4-2/h15,17,19-20,22-23,41,44H,3-14,16,18,21,24-40H2,1-2H3/b17-15-,20-19-,23-22-. The highest BCUT2D eigenvalue weighted by Crippen LogP contribution is 2.14. The van der Waals surface area contributed by atoms with Crippen molar-refractivity contribution in [1.29, 1.82) is 0 Å². The second-order valence-electron chi connectivity index (χ2n) is 13.7. The second kappa shape index (κ2) is 39.6. The van der Waals surface area contributed by atoms with E-state index in [1.54, 1.807) is 0 Å². The molecular weight excluding hydrogens is 596 g/mol. The highest BCUT2D eigenvalue weighted by atomic mass is 16.6. The summed E-state index contributed by atoms with van der Waals surface area (Å²) in [7, 11) is 0. The maximum Gasteiger partial charge on any atom is 0.306 e. The minimum atomic E-state index is -0.775. The minimum Gasteiger partial charge on any atom is -0.462 e. The van der Waals surface area contributed by atoms with Crippen LogP contribution >= 0.6 is 0 Å². The number of allylic oxidation sites excluding steroid dienone is 6. The van der Waals surface area contributed by atoms with E-state index in [4.69, 9.17) is 9.47 Å². The molecule has 0 fully saturated rings. The quantitative estimate of drug-likeness (QED) is 0.0403. The van der Waals surface area contributed by atoms with Crippen LogP contribution in [0.4, 0.5) is 0 Å². The van der Waals surface area contributed by atoms with Gasteiger partial charge in [0, 0.05) is 12.8 Å². The summed E-state index contributed by atoms with van der Waals surface area (Å²) in [5.74, 6) is -0.600. The Bertz CT molecular complexity index is 771. The lowest BCUT2D eigenvalue weighted by molar-refractivity contribution is -0.161. The molecule has 1 N–H and O–H groups in total. The molecule has 0 aromatic heterocycles. The molecule has 5 heteroatoms. The Hall–Kier alpha value is -1.88. The number of aliphatic hydroxyl groups excluding tert-OH is 1. The topological polar surface area (TPSA) is 72.8 Å². The fourth-order valence-corrected chi connectivity index (χ4v) is 5.80. The maximum atomic E-state index is 12.2. The maximum absolute atomic E-state index is 12.2. The van der Waals surface area contributed by atoms with E-state index in [1.165, 1.54) is 122 Å². The summed E-state index contributed by atoms with van der Waals surface area (Å²) in [6.45, 7) is 4.12. The number of unbranched alkanes of at least 4 members (excludes halogenated alkanes) is 23. The Kier molecular flexibility index (Phi) is 38.0. The Morgan fingerprint density at radius 1 is 0.479 bits per heavy atom. The molecule has 0 aliphatic carbocycles. The van der Waals surface area contributed by atoms with Crippen molar-refractivity contribution in [3.63, 3.8) is 0 Å². The molecule has 0 aromatic carbocycles. The van der Waals surface area contributed by atoms with E-state index >= 15 is 0 Å². The van der Waals surface area contributed by atoms with Crippen LogP contribution in [0.25, 0.3) is 0 Å². The summed E-state index contributed by atoms with van der Waals surface area (Å²) in [5.41, 5.74) is 0. The van der Waals surface area contributed by atoms with Crippen LogP contribution in [0.5, 0.6) is 0 Å². The minimum absolute atomic E-state index is 0.0685. The van der Waals surface area contributed by atoms with Crippen molar-refractivity contribution in [2.45, 2.75) is 213 Å². The molecule has 0 aliphatic rings. The first-order chi connectivity index (χ1) is 23.6. The molecule has 0 saturated carbocycles. The monoisotopic (exact) mass is 675 g/mol. The van der Waals surface area contributed by atoms with Gasteiger partial charge in [0.2, 0.25) is 0 Å². The first-order valence-corrected chi connectivity index (χ1v) is 20.5. The van der Waals surface area contributed by atoms with Gasteiger partial charge in [-0.05, 0) is 51.4 Å². The number of hydrogen-bond donors (Lipinski definition) is 1. The number of carbonyl (C=O) groups is 2. The molecule has 0 amide bonds. The summed E-state index contributed by atoms with van der Waals surface area (Å²) in [6.07, 6.45) is 47.7. The van der Waals surface area contributed by atoms with Crippen LogP contribution in [0.3, 0.4) is 0 Å². The Labute approximate surface area is 297 Å². The molecular formula is C43H78O5. The van der Waals surface area contributed by atoms with Crippen LogP contribution in [0.2, 0.25) is 0 Å². The average molecular weight is 675 g/mol. The van der Waals surface area contributed by atoms with Crippen molar-refractivity contribution < 1.29 is 24.2 Å². The van der Waals surface area contributed by atoms with Crippen LogP contribution in [0, 0.1) is 0 Å². The van der Waals surface area contributed by atoms with Crippen LogP contribution in [0.15, 0.2) is 36.5 Å². The van der Waals surface area contributed by atoms with E-state index in [2.05, 4.69) is 50.3 Å². The first-order valence-electron chi connectivity index (χ1n) is 20.5. The van der Waals surface area contributed by atoms with E-state index < -0.39 is 6.10 Å². The average Bonchev–Trinajstić information content (AvgIpc) is 3.09. The number of carbonyl (C=O) groups excluding carboxylic acids is 2. The van der Waals surface area contributed by atoms with Gasteiger partial charge in [-0.15, -0.1) is 0 Å². The highest BCUT2D eigenvalue weighted by molar-refractivity contribution is 5.70. The zero-order valence-corrected chi connectivity index (χ0v) is 31.7. The summed E-state index contributed by atoms with van der Waals surface area (Å²) >= 11 is 0. The van der Waals surface area contributed by atoms with Gasteiger partial charge in [-0.2, -0.15) is 0 Å². The summed E-state index contributed by atoms with van der Waals surface area (Å²) in [4.78, 5) is 24.2. The summed E-state index contributed by atoms with van der Waals surface area (Å²) in [5, 5.41) is 9.55. The molecule has 0 spiro atoms. The SMILES string of the molecule is CCCCCCC/C=C\C/C=C\C/C=C\CCCCCCCCC(=O)OC(CO)COC(=O)CCCCCCCCCCCCCCC. The molecule has 280 valence electrons. The van der Waals surface area contributed by atoms with Crippen molar-refractivity contribution in [3.8, 4) is 0 Å². The number of ether oxygens (including phenoxy) is 2. The number of aliphatic hydroxyl groups is 1. The predicted molar refractivity (Wildman–Crippen MR) is 205 cm³/mol. The third kappa shape index (κ3) is 36.9. The van der Waals surface area contributed by atoms with Gasteiger partial charge in [0.15, 0.2) is 6.10 Å². The molecule has 0 aliphatic heterocycles. The summed E-state index contributed by atoms with van der Waals surface area (Å²) < 4.78 is 10.6. The molecule has 5 nitrogen and oxygen atoms in total. The number of esters is 2. The van der Waals surface area contributed by atoms with Crippen LogP contribution in [-0.2, 0) is 19.1 Å². The zero-order chi connectivity index (χ0) is 35.0. The van der Waals surface area contributed by atoms with Crippen molar-refractivity contribution in [2.24, 2.45) is 0 Å². The van der Waals surface area contributed by atoms with Crippen molar-refractivity contribution in [1.82, 2.24) is 0 Å². The van der Waals surface area contributed by atoms with Gasteiger partial charge in [0.05, 0.1) is 6.61 Å². The summed E-state index contributed by atoms with van der Waals surface area (Å²) in [6, 6.07) is 0. The molecule has 1 unspecified atom stereocenters.